The zero-order chi connectivity index (χ0) is 18.2. The van der Waals surface area contributed by atoms with Gasteiger partial charge in [-0.15, -0.1) is 24.0 Å². The van der Waals surface area contributed by atoms with Crippen LogP contribution in [0.3, 0.4) is 0 Å². The number of rotatable bonds is 6. The normalized spacial score (nSPS) is 18.1. The molecule has 26 heavy (non-hydrogen) atoms. The Morgan fingerprint density at radius 1 is 1.50 bits per heavy atom. The number of nitrogens with one attached hydrogen (secondary N) is 2. The van der Waals surface area contributed by atoms with Gasteiger partial charge in [0, 0.05) is 36.4 Å². The van der Waals surface area contributed by atoms with Crippen molar-refractivity contribution in [1.29, 1.82) is 0 Å². The Kier molecular flexibility index (Phi) is 10.1. The van der Waals surface area contributed by atoms with E-state index in [1.807, 2.05) is 32.0 Å². The zero-order valence-electron chi connectivity index (χ0n) is 15.5. The van der Waals surface area contributed by atoms with Crippen molar-refractivity contribution >= 4 is 53.2 Å². The number of hydrogen-bond donors (Lipinski definition) is 2. The van der Waals surface area contributed by atoms with Gasteiger partial charge in [0.1, 0.15) is 0 Å². The highest BCUT2D eigenvalue weighted by molar-refractivity contribution is 14.0. The van der Waals surface area contributed by atoms with Crippen molar-refractivity contribution in [2.45, 2.75) is 26.3 Å². The van der Waals surface area contributed by atoms with Crippen molar-refractivity contribution in [2.24, 2.45) is 10.9 Å². The third-order valence-corrected chi connectivity index (χ3v) is 4.41. The third kappa shape index (κ3) is 6.83. The second-order valence-corrected chi connectivity index (χ2v) is 6.64. The summed E-state index contributed by atoms with van der Waals surface area (Å²) in [4.78, 5) is 18.3. The molecule has 0 bridgehead atoms. The highest BCUT2D eigenvalue weighted by Crippen LogP contribution is 2.23. The number of carbonyl (C=O) groups excluding carboxylic acids is 1. The number of esters is 1. The predicted octanol–water partition coefficient (Wildman–Crippen LogP) is 2.90. The van der Waals surface area contributed by atoms with Gasteiger partial charge >= 0.3 is 5.97 Å². The van der Waals surface area contributed by atoms with Crippen LogP contribution in [0.15, 0.2) is 29.3 Å². The highest BCUT2D eigenvalue weighted by Gasteiger charge is 2.23. The van der Waals surface area contributed by atoms with E-state index in [1.165, 1.54) is 7.11 Å². The van der Waals surface area contributed by atoms with Crippen LogP contribution in [0.2, 0.25) is 5.02 Å². The van der Waals surface area contributed by atoms with Crippen molar-refractivity contribution < 1.29 is 9.53 Å². The minimum absolute atomic E-state index is 0. The highest BCUT2D eigenvalue weighted by atomic mass is 127. The second kappa shape index (κ2) is 11.5. The van der Waals surface area contributed by atoms with E-state index in [2.05, 4.69) is 26.6 Å². The van der Waals surface area contributed by atoms with Crippen LogP contribution in [0.1, 0.15) is 20.3 Å². The number of aliphatic imine (C=N–C) groups is 1. The molecule has 1 aliphatic heterocycles. The first-order valence-corrected chi connectivity index (χ1v) is 9.04. The van der Waals surface area contributed by atoms with Gasteiger partial charge in [-0.05, 0) is 31.5 Å². The molecule has 2 rings (SSSR count). The molecule has 2 unspecified atom stereocenters. The van der Waals surface area contributed by atoms with Crippen molar-refractivity contribution in [3.8, 4) is 0 Å². The van der Waals surface area contributed by atoms with Crippen LogP contribution < -0.4 is 15.5 Å². The number of methoxy groups -OCH3 is 1. The van der Waals surface area contributed by atoms with Crippen LogP contribution in [0, 0.1) is 5.92 Å². The molecule has 2 atom stereocenters. The van der Waals surface area contributed by atoms with Crippen molar-refractivity contribution in [3.05, 3.63) is 29.3 Å². The molecule has 6 nitrogen and oxygen atoms in total. The summed E-state index contributed by atoms with van der Waals surface area (Å²) < 4.78 is 4.74. The fourth-order valence-electron chi connectivity index (χ4n) is 2.80. The van der Waals surface area contributed by atoms with E-state index in [4.69, 9.17) is 16.3 Å². The maximum atomic E-state index is 11.5. The molecule has 0 spiro atoms. The predicted molar refractivity (Wildman–Crippen MR) is 118 cm³/mol. The fourth-order valence-corrected chi connectivity index (χ4v) is 2.99. The molecule has 1 aliphatic rings. The molecule has 1 saturated heterocycles. The summed E-state index contributed by atoms with van der Waals surface area (Å²) in [6, 6.07) is 8.21. The van der Waals surface area contributed by atoms with Crippen LogP contribution in [-0.2, 0) is 9.53 Å². The van der Waals surface area contributed by atoms with Gasteiger partial charge < -0.3 is 20.3 Å². The Morgan fingerprint density at radius 2 is 2.27 bits per heavy atom. The maximum Gasteiger partial charge on any atom is 0.310 e. The minimum atomic E-state index is -0.257. The average molecular weight is 495 g/mol. The Labute approximate surface area is 177 Å². The number of nitrogens with zero attached hydrogens (tertiary/aromatic N) is 2. The van der Waals surface area contributed by atoms with Crippen LogP contribution in [0.4, 0.5) is 5.69 Å². The van der Waals surface area contributed by atoms with Crippen molar-refractivity contribution in [1.82, 2.24) is 10.6 Å². The molecule has 2 N–H and O–H groups in total. The monoisotopic (exact) mass is 494 g/mol. The molecule has 0 aromatic heterocycles. The molecule has 1 heterocycles. The van der Waals surface area contributed by atoms with Gasteiger partial charge in [-0.25, -0.2) is 0 Å². The standard InChI is InChI=1S/C18H27ClN4O2.HI/c1-4-20-18(21-11-13(2)17(24)25-3)22-15-8-9-23(12-15)16-7-5-6-14(19)10-16;/h5-7,10,13,15H,4,8-9,11-12H2,1-3H3,(H2,20,21,22);1H. The summed E-state index contributed by atoms with van der Waals surface area (Å²) in [5, 5.41) is 7.44. The van der Waals surface area contributed by atoms with E-state index in [0.717, 1.165) is 42.7 Å². The van der Waals surface area contributed by atoms with Crippen LogP contribution in [0.25, 0.3) is 0 Å². The van der Waals surface area contributed by atoms with Gasteiger partial charge in [0.25, 0.3) is 0 Å². The van der Waals surface area contributed by atoms with Gasteiger partial charge in [0.2, 0.25) is 0 Å². The summed E-state index contributed by atoms with van der Waals surface area (Å²) in [5.74, 6) is 0.232. The Morgan fingerprint density at radius 3 is 2.92 bits per heavy atom. The molecule has 0 radical (unpaired) electrons. The molecular weight excluding hydrogens is 467 g/mol. The smallest absolute Gasteiger partial charge is 0.310 e. The van der Waals surface area contributed by atoms with E-state index >= 15 is 0 Å². The number of guanidine groups is 1. The first kappa shape index (κ1) is 22.8. The first-order valence-electron chi connectivity index (χ1n) is 8.66. The summed E-state index contributed by atoms with van der Waals surface area (Å²) in [6.07, 6.45) is 1.02. The van der Waals surface area contributed by atoms with Crippen LogP contribution in [0.5, 0.6) is 0 Å². The number of carbonyl (C=O) groups is 1. The van der Waals surface area contributed by atoms with Gasteiger partial charge in [-0.2, -0.15) is 0 Å². The molecule has 0 saturated carbocycles. The van der Waals surface area contributed by atoms with E-state index < -0.39 is 0 Å². The summed E-state index contributed by atoms with van der Waals surface area (Å²) in [7, 11) is 1.40. The molecular formula is C18H28ClIN4O2. The summed E-state index contributed by atoms with van der Waals surface area (Å²) in [6.45, 7) is 6.85. The molecule has 8 heteroatoms. The Balaban J connectivity index is 0.00000338. The second-order valence-electron chi connectivity index (χ2n) is 6.20. The minimum Gasteiger partial charge on any atom is -0.469 e. The van der Waals surface area contributed by atoms with Gasteiger partial charge in [-0.1, -0.05) is 24.6 Å². The quantitative estimate of drug-likeness (QED) is 0.276. The topological polar surface area (TPSA) is 66.0 Å². The lowest BCUT2D eigenvalue weighted by Gasteiger charge is -2.20. The Hall–Kier alpha value is -1.22. The molecule has 0 amide bonds. The average Bonchev–Trinajstić information content (AvgIpc) is 3.07. The fraction of sp³-hybridized carbons (Fsp3) is 0.556. The number of benzene rings is 1. The summed E-state index contributed by atoms with van der Waals surface area (Å²) in [5.41, 5.74) is 1.14. The van der Waals surface area contributed by atoms with Crippen molar-refractivity contribution in [3.63, 3.8) is 0 Å². The maximum absolute atomic E-state index is 11.5. The van der Waals surface area contributed by atoms with Gasteiger partial charge in [-0.3, -0.25) is 9.79 Å². The largest absolute Gasteiger partial charge is 0.469 e. The lowest BCUT2D eigenvalue weighted by molar-refractivity contribution is -0.144. The molecule has 1 aromatic rings. The number of hydrogen-bond acceptors (Lipinski definition) is 4. The molecule has 1 aromatic carbocycles. The summed E-state index contributed by atoms with van der Waals surface area (Å²) >= 11 is 6.08. The van der Waals surface area contributed by atoms with E-state index in [-0.39, 0.29) is 35.9 Å². The lowest BCUT2D eigenvalue weighted by Crippen LogP contribution is -2.45. The number of ether oxygens (including phenoxy) is 1. The third-order valence-electron chi connectivity index (χ3n) is 4.17. The zero-order valence-corrected chi connectivity index (χ0v) is 18.6. The van der Waals surface area contributed by atoms with Crippen molar-refractivity contribution in [2.75, 3.05) is 38.2 Å². The lowest BCUT2D eigenvalue weighted by atomic mass is 10.2. The SMILES string of the molecule is CCNC(=NCC(C)C(=O)OC)NC1CCN(c2cccc(Cl)c2)C1.I. The van der Waals surface area contributed by atoms with E-state index in [0.29, 0.717) is 12.6 Å². The molecule has 0 aliphatic carbocycles. The van der Waals surface area contributed by atoms with Gasteiger partial charge in [0.05, 0.1) is 19.6 Å². The number of anilines is 1. The van der Waals surface area contributed by atoms with Crippen LogP contribution in [-0.4, -0.2) is 51.3 Å². The van der Waals surface area contributed by atoms with Gasteiger partial charge in [0.15, 0.2) is 5.96 Å². The Bertz CT molecular complexity index is 615. The number of halogens is 2. The first-order chi connectivity index (χ1) is 12.0. The van der Waals surface area contributed by atoms with E-state index in [1.54, 1.807) is 0 Å². The van der Waals surface area contributed by atoms with Crippen LogP contribution >= 0.6 is 35.6 Å². The molecule has 146 valence electrons. The van der Waals surface area contributed by atoms with E-state index in [9.17, 15) is 4.79 Å². The molecule has 1 fully saturated rings.